The number of pyridine rings is 1. The third-order valence-corrected chi connectivity index (χ3v) is 6.99. The van der Waals surface area contributed by atoms with Gasteiger partial charge in [0, 0.05) is 37.0 Å². The number of rotatable bonds is 6. The summed E-state index contributed by atoms with van der Waals surface area (Å²) < 4.78 is 27.4. The molecule has 0 radical (unpaired) electrons. The molecule has 9 heteroatoms. The van der Waals surface area contributed by atoms with E-state index in [9.17, 15) is 8.42 Å². The predicted molar refractivity (Wildman–Crippen MR) is 102 cm³/mol. The zero-order chi connectivity index (χ0) is 19.0. The van der Waals surface area contributed by atoms with Gasteiger partial charge in [-0.2, -0.15) is 5.10 Å². The van der Waals surface area contributed by atoms with Crippen LogP contribution in [0.2, 0.25) is 0 Å². The quantitative estimate of drug-likeness (QED) is 0.639. The van der Waals surface area contributed by atoms with Crippen molar-refractivity contribution < 1.29 is 8.42 Å². The lowest BCUT2D eigenvalue weighted by atomic mass is 10.2. The van der Waals surface area contributed by atoms with Gasteiger partial charge in [0.05, 0.1) is 23.2 Å². The van der Waals surface area contributed by atoms with Crippen molar-refractivity contribution in [3.63, 3.8) is 0 Å². The van der Waals surface area contributed by atoms with Crippen LogP contribution in [-0.2, 0) is 22.8 Å². The second kappa shape index (κ2) is 7.05. The minimum absolute atomic E-state index is 0.0372. The summed E-state index contributed by atoms with van der Waals surface area (Å²) in [7, 11) is -2.92. The second-order valence-electron chi connectivity index (χ2n) is 7.12. The lowest BCUT2D eigenvalue weighted by Gasteiger charge is -2.11. The van der Waals surface area contributed by atoms with Gasteiger partial charge < -0.3 is 5.32 Å². The molecule has 1 saturated heterocycles. The lowest BCUT2D eigenvalue weighted by molar-refractivity contribution is 0.485. The van der Waals surface area contributed by atoms with E-state index in [4.69, 9.17) is 0 Å². The fraction of sp³-hybridized carbons (Fsp3) is 0.500. The first kappa shape index (κ1) is 18.1. The van der Waals surface area contributed by atoms with E-state index >= 15 is 0 Å². The van der Waals surface area contributed by atoms with E-state index in [2.05, 4.69) is 20.6 Å². The molecule has 27 heavy (non-hydrogen) atoms. The number of aryl methyl sites for hydroxylation is 1. The summed E-state index contributed by atoms with van der Waals surface area (Å²) in [5, 5.41) is 16.5. The number of fused-ring (bicyclic) bond motifs is 1. The molecule has 1 aliphatic heterocycles. The van der Waals surface area contributed by atoms with Crippen molar-refractivity contribution in [3.8, 4) is 0 Å². The molecule has 1 fully saturated rings. The summed E-state index contributed by atoms with van der Waals surface area (Å²) in [6.45, 7) is 5.48. The smallest absolute Gasteiger partial charge is 0.160 e. The van der Waals surface area contributed by atoms with Gasteiger partial charge in [-0.15, -0.1) is 10.2 Å². The average Bonchev–Trinajstić information content (AvgIpc) is 3.29. The van der Waals surface area contributed by atoms with Gasteiger partial charge in [-0.1, -0.05) is 6.07 Å². The summed E-state index contributed by atoms with van der Waals surface area (Å²) >= 11 is 0. The molecule has 1 N–H and O–H groups in total. The topological polar surface area (TPSA) is 94.2 Å². The van der Waals surface area contributed by atoms with Gasteiger partial charge in [-0.25, -0.2) is 8.42 Å². The summed E-state index contributed by atoms with van der Waals surface area (Å²) in [5.74, 6) is 1.39. The van der Waals surface area contributed by atoms with Gasteiger partial charge in [0.2, 0.25) is 0 Å². The molecule has 0 amide bonds. The van der Waals surface area contributed by atoms with E-state index in [1.54, 1.807) is 0 Å². The molecule has 8 nitrogen and oxygen atoms in total. The highest BCUT2D eigenvalue weighted by molar-refractivity contribution is 7.91. The van der Waals surface area contributed by atoms with Crippen LogP contribution in [0.25, 0.3) is 5.65 Å². The van der Waals surface area contributed by atoms with Crippen LogP contribution in [-0.4, -0.2) is 50.8 Å². The third-order valence-electron chi connectivity index (χ3n) is 5.24. The summed E-state index contributed by atoms with van der Waals surface area (Å²) in [4.78, 5) is 0. The van der Waals surface area contributed by atoms with E-state index in [1.807, 2.05) is 47.3 Å². The molecule has 1 aliphatic rings. The third kappa shape index (κ3) is 3.61. The molecule has 0 aromatic carbocycles. The van der Waals surface area contributed by atoms with Crippen LogP contribution in [0, 0.1) is 13.8 Å². The highest BCUT2D eigenvalue weighted by atomic mass is 32.2. The molecule has 3 aromatic rings. The Morgan fingerprint density at radius 1 is 1.26 bits per heavy atom. The van der Waals surface area contributed by atoms with E-state index < -0.39 is 9.84 Å². The predicted octanol–water partition coefficient (Wildman–Crippen LogP) is 1.23. The van der Waals surface area contributed by atoms with E-state index in [0.29, 0.717) is 13.0 Å². The highest BCUT2D eigenvalue weighted by Crippen LogP contribution is 2.26. The Morgan fingerprint density at radius 3 is 2.89 bits per heavy atom. The normalized spacial score (nSPS) is 19.1. The summed E-state index contributed by atoms with van der Waals surface area (Å²) in [6, 6.07) is 5.82. The molecule has 0 aliphatic carbocycles. The Morgan fingerprint density at radius 2 is 2.11 bits per heavy atom. The molecular weight excluding hydrogens is 364 g/mol. The van der Waals surface area contributed by atoms with E-state index in [0.717, 1.165) is 41.4 Å². The highest BCUT2D eigenvalue weighted by Gasteiger charge is 2.31. The Bertz CT molecular complexity index is 1070. The minimum atomic E-state index is -2.92. The van der Waals surface area contributed by atoms with Crippen LogP contribution in [0.15, 0.2) is 24.4 Å². The molecule has 4 heterocycles. The minimum Gasteiger partial charge on any atom is -0.312 e. The van der Waals surface area contributed by atoms with Gasteiger partial charge in [-0.05, 0) is 32.4 Å². The van der Waals surface area contributed by atoms with Crippen LogP contribution in [0.5, 0.6) is 0 Å². The van der Waals surface area contributed by atoms with Crippen LogP contribution >= 0.6 is 0 Å². The number of nitrogens with one attached hydrogen (secondary N) is 1. The van der Waals surface area contributed by atoms with Crippen molar-refractivity contribution in [3.05, 3.63) is 47.2 Å². The zero-order valence-electron chi connectivity index (χ0n) is 15.6. The SMILES string of the molecule is Cc1nn([C@H]2CCS(=O)(=O)C2)c(C)c1CNCCc1nnc2ccccn12. The number of hydrogen-bond donors (Lipinski definition) is 1. The van der Waals surface area contributed by atoms with Crippen molar-refractivity contribution in [1.29, 1.82) is 0 Å². The van der Waals surface area contributed by atoms with Gasteiger partial charge >= 0.3 is 0 Å². The molecule has 0 unspecified atom stereocenters. The molecule has 0 bridgehead atoms. The molecular formula is C18H24N6O2S. The molecule has 3 aromatic heterocycles. The monoisotopic (exact) mass is 388 g/mol. The van der Waals surface area contributed by atoms with Gasteiger partial charge in [0.1, 0.15) is 5.82 Å². The maximum absolute atomic E-state index is 11.8. The maximum Gasteiger partial charge on any atom is 0.160 e. The van der Waals surface area contributed by atoms with Crippen molar-refractivity contribution in [2.24, 2.45) is 0 Å². The first-order chi connectivity index (χ1) is 12.9. The average molecular weight is 388 g/mol. The maximum atomic E-state index is 11.8. The van der Waals surface area contributed by atoms with Crippen LogP contribution in [0.4, 0.5) is 0 Å². The van der Waals surface area contributed by atoms with Crippen molar-refractivity contribution in [1.82, 2.24) is 29.7 Å². The van der Waals surface area contributed by atoms with Crippen molar-refractivity contribution in [2.75, 3.05) is 18.1 Å². The van der Waals surface area contributed by atoms with Crippen LogP contribution in [0.1, 0.15) is 35.2 Å². The lowest BCUT2D eigenvalue weighted by Crippen LogP contribution is -2.19. The number of nitrogens with zero attached hydrogens (tertiary/aromatic N) is 5. The number of sulfone groups is 1. The van der Waals surface area contributed by atoms with Gasteiger partial charge in [0.15, 0.2) is 15.5 Å². The van der Waals surface area contributed by atoms with Gasteiger partial charge in [0.25, 0.3) is 0 Å². The summed E-state index contributed by atoms with van der Waals surface area (Å²) in [5.41, 5.74) is 4.00. The van der Waals surface area contributed by atoms with Gasteiger partial charge in [-0.3, -0.25) is 9.08 Å². The van der Waals surface area contributed by atoms with Crippen molar-refractivity contribution >= 4 is 15.5 Å². The van der Waals surface area contributed by atoms with E-state index in [-0.39, 0.29) is 17.5 Å². The Hall–Kier alpha value is -2.26. The number of aromatic nitrogens is 5. The van der Waals surface area contributed by atoms with Crippen LogP contribution in [0.3, 0.4) is 0 Å². The molecule has 1 atom stereocenters. The standard InChI is InChI=1S/C18H24N6O2S/c1-13-16(14(2)24(22-13)15-7-10-27(25,26)12-15)11-19-8-6-18-21-20-17-5-3-4-9-23(17)18/h3-5,9,15,19H,6-8,10-12H2,1-2H3/t15-/m0/s1. The second-order valence-corrected chi connectivity index (χ2v) is 9.35. The molecule has 4 rings (SSSR count). The van der Waals surface area contributed by atoms with Crippen molar-refractivity contribution in [2.45, 2.75) is 39.3 Å². The summed E-state index contributed by atoms with van der Waals surface area (Å²) in [6.07, 6.45) is 3.40. The fourth-order valence-corrected chi connectivity index (χ4v) is 5.44. The van der Waals surface area contributed by atoms with E-state index in [1.165, 1.54) is 0 Å². The fourth-order valence-electron chi connectivity index (χ4n) is 3.75. The first-order valence-corrected chi connectivity index (χ1v) is 11.0. The Labute approximate surface area is 158 Å². The number of hydrogen-bond acceptors (Lipinski definition) is 6. The zero-order valence-corrected chi connectivity index (χ0v) is 16.4. The first-order valence-electron chi connectivity index (χ1n) is 9.19. The van der Waals surface area contributed by atoms with Crippen LogP contribution < -0.4 is 5.32 Å². The Balaban J connectivity index is 1.39. The molecule has 0 spiro atoms. The molecule has 144 valence electrons. The largest absolute Gasteiger partial charge is 0.312 e. The molecule has 0 saturated carbocycles. The Kier molecular flexibility index (Phi) is 4.73.